The molecule has 3 aromatic heterocycles. The second-order valence-corrected chi connectivity index (χ2v) is 48.0. The van der Waals surface area contributed by atoms with Crippen molar-refractivity contribution in [3.8, 4) is 0 Å². The number of hydrogen-bond donors (Lipinski definition) is 1. The molecule has 3 aliphatic rings. The van der Waals surface area contributed by atoms with E-state index in [9.17, 15) is 39.5 Å². The molecule has 3 fully saturated rings. The first kappa shape index (κ1) is 85.3. The third-order valence-corrected chi connectivity index (χ3v) is 33.4. The van der Waals surface area contributed by atoms with Gasteiger partial charge in [-0.2, -0.15) is 50.6 Å². The minimum atomic E-state index is -4.53. The summed E-state index contributed by atoms with van der Waals surface area (Å²) in [6.45, 7) is 55.3. The maximum Gasteiger partial charge on any atom is 0.496 e. The van der Waals surface area contributed by atoms with Gasteiger partial charge >= 0.3 is 39.7 Å². The molecular weight excluding hydrogens is 1480 g/mol. The van der Waals surface area contributed by atoms with E-state index in [0.717, 1.165) is 24.4 Å². The van der Waals surface area contributed by atoms with Gasteiger partial charge in [0.05, 0.1) is 53.4 Å². The minimum absolute atomic E-state index is 0. The molecule has 0 bridgehead atoms. The van der Waals surface area contributed by atoms with Crippen molar-refractivity contribution in [2.45, 2.75) is 272 Å². The monoisotopic (exact) mass is 1570 g/mol. The number of aliphatic hydroxyl groups excluding tert-OH is 1. The molecule has 3 aromatic rings. The Kier molecular flexibility index (Phi) is 28.8. The molecule has 0 aliphatic carbocycles. The molecule has 504 valence electrons. The lowest BCUT2D eigenvalue weighted by atomic mass is 9.49. The van der Waals surface area contributed by atoms with E-state index in [-0.39, 0.29) is 75.2 Å². The zero-order valence-electron chi connectivity index (χ0n) is 56.3. The average Bonchev–Trinajstić information content (AvgIpc) is 2.12. The Bertz CT molecular complexity index is 2690. The van der Waals surface area contributed by atoms with E-state index in [1.807, 2.05) is 83.1 Å². The number of nitrogens with zero attached hydrogens (tertiary/aromatic N) is 3. The highest BCUT2D eigenvalue weighted by molar-refractivity contribution is 14.0. The van der Waals surface area contributed by atoms with Gasteiger partial charge in [-0.1, -0.05) is 75.4 Å². The van der Waals surface area contributed by atoms with Crippen molar-refractivity contribution in [1.29, 1.82) is 0 Å². The summed E-state index contributed by atoms with van der Waals surface area (Å²) >= 11 is 12.3. The van der Waals surface area contributed by atoms with Crippen LogP contribution in [-0.2, 0) is 75.1 Å². The first-order valence-electron chi connectivity index (χ1n) is 28.4. The fourth-order valence-corrected chi connectivity index (χ4v) is 8.99. The van der Waals surface area contributed by atoms with Gasteiger partial charge < -0.3 is 41.9 Å². The van der Waals surface area contributed by atoms with Crippen LogP contribution in [0.4, 0.5) is 39.5 Å². The van der Waals surface area contributed by atoms with Gasteiger partial charge in [0.25, 0.3) is 0 Å². The molecule has 6 heterocycles. The molecule has 88 heavy (non-hydrogen) atoms. The van der Waals surface area contributed by atoms with Crippen LogP contribution < -0.4 is 5.46 Å². The first-order chi connectivity index (χ1) is 38.3. The Hall–Kier alpha value is -0.715. The highest BCUT2D eigenvalue weighted by Crippen LogP contribution is 2.45. The molecule has 0 spiro atoms. The number of hydrogen-bond acceptors (Lipinski definition) is 12. The molecule has 0 aromatic carbocycles. The number of halogens is 13. The van der Waals surface area contributed by atoms with Crippen molar-refractivity contribution in [2.24, 2.45) is 0 Å². The van der Waals surface area contributed by atoms with Crippen LogP contribution >= 0.6 is 66.9 Å². The fraction of sp³-hybridized carbons (Fsp3) is 0.737. The fourth-order valence-electron chi connectivity index (χ4n) is 6.42. The Morgan fingerprint density at radius 1 is 0.466 bits per heavy atom. The number of pyridine rings is 3. The second-order valence-electron chi connectivity index (χ2n) is 29.4. The van der Waals surface area contributed by atoms with E-state index >= 15 is 0 Å². The summed E-state index contributed by atoms with van der Waals surface area (Å²) in [6.07, 6.45) is -10.0. The van der Waals surface area contributed by atoms with Crippen LogP contribution in [0.1, 0.15) is 179 Å². The Labute approximate surface area is 561 Å². The smallest absolute Gasteiger partial charge is 0.413 e. The second kappa shape index (κ2) is 29.7. The first-order valence-corrected chi connectivity index (χ1v) is 39.8. The van der Waals surface area contributed by atoms with Gasteiger partial charge in [-0.3, -0.25) is 15.0 Å². The van der Waals surface area contributed by atoms with E-state index in [2.05, 4.69) is 148 Å². The lowest BCUT2D eigenvalue weighted by molar-refractivity contribution is -0.142. The van der Waals surface area contributed by atoms with Gasteiger partial charge in [0, 0.05) is 33.0 Å². The Morgan fingerprint density at radius 3 is 0.989 bits per heavy atom. The third-order valence-electron chi connectivity index (χ3n) is 17.8. The molecule has 1 N–H and O–H groups in total. The van der Waals surface area contributed by atoms with Gasteiger partial charge in [0.2, 0.25) is 0 Å². The predicted octanol–water partition coefficient (Wildman–Crippen LogP) is 18.8. The highest BCUT2D eigenvalue weighted by atomic mass is 127. The van der Waals surface area contributed by atoms with Crippen LogP contribution in [0.25, 0.3) is 0 Å². The van der Waals surface area contributed by atoms with Crippen molar-refractivity contribution in [3.05, 3.63) is 79.5 Å². The van der Waals surface area contributed by atoms with Crippen molar-refractivity contribution in [2.75, 3.05) is 0 Å². The van der Waals surface area contributed by atoms with Crippen molar-refractivity contribution >= 4 is 118 Å². The zero-order valence-corrected chi connectivity index (χ0v) is 65.6. The van der Waals surface area contributed by atoms with E-state index < -0.39 is 98.6 Å². The van der Waals surface area contributed by atoms with Crippen LogP contribution in [0.3, 0.4) is 0 Å². The molecule has 0 amide bonds. The SMILES string of the molecule is CC(C)(C)[Si](C)(C)Cl.CC(C)(C)[Si](C)(C)OCc1cc(C(F)(F)F)ncc1Br.CC1(C)OB(B2OC(C)(C)C(C)(C)O2)OC1(C)C.CC1(C)OB(c2cnc(C(F)(F)F)cc2CO[Si](C)(C)C(C)(C)C)OC1(C)C.I.OCc1cc(C(F)(F)F)ncc1Br. The summed E-state index contributed by atoms with van der Waals surface area (Å²) in [7, 11) is -7.28. The number of aliphatic hydroxyl groups is 1. The van der Waals surface area contributed by atoms with Crippen molar-refractivity contribution in [1.82, 2.24) is 15.0 Å². The van der Waals surface area contributed by atoms with Crippen LogP contribution in [0.5, 0.6) is 0 Å². The minimum Gasteiger partial charge on any atom is -0.413 e. The van der Waals surface area contributed by atoms with Crippen molar-refractivity contribution in [3.63, 3.8) is 0 Å². The Balaban J connectivity index is 0.000000576. The maximum absolute atomic E-state index is 13.2. The number of rotatable bonds is 9. The predicted molar refractivity (Wildman–Crippen MR) is 359 cm³/mol. The van der Waals surface area contributed by atoms with Crippen LogP contribution in [0, 0.1) is 0 Å². The summed E-state index contributed by atoms with van der Waals surface area (Å²) in [5, 5.41) is 8.98. The van der Waals surface area contributed by atoms with Gasteiger partial charge in [-0.15, -0.1) is 24.0 Å². The maximum atomic E-state index is 13.2. The summed E-state index contributed by atoms with van der Waals surface area (Å²) in [5.74, 6) is 0. The third kappa shape index (κ3) is 23.0. The molecule has 3 saturated heterocycles. The Morgan fingerprint density at radius 2 is 0.716 bits per heavy atom. The van der Waals surface area contributed by atoms with Gasteiger partial charge in [-0.25, -0.2) is 0 Å². The summed E-state index contributed by atoms with van der Waals surface area (Å²) in [6, 6.07) is 2.90. The van der Waals surface area contributed by atoms with E-state index in [0.29, 0.717) is 30.6 Å². The highest BCUT2D eigenvalue weighted by Gasteiger charge is 2.64. The average molecular weight is 1580 g/mol. The van der Waals surface area contributed by atoms with Gasteiger partial charge in [-0.05, 0) is 191 Å². The molecule has 0 unspecified atom stereocenters. The van der Waals surface area contributed by atoms with Crippen LogP contribution in [-0.4, -0.2) is 98.8 Å². The topological polar surface area (TPSA) is 133 Å². The summed E-state index contributed by atoms with van der Waals surface area (Å²) < 4.78 is 163. The zero-order chi connectivity index (χ0) is 68.6. The molecular formula is C57H95B3Br2ClF9IN3O9Si3. The lowest BCUT2D eigenvalue weighted by Gasteiger charge is -2.36. The molecule has 0 saturated carbocycles. The summed E-state index contributed by atoms with van der Waals surface area (Å²) in [5.41, 5.74) is -3.97. The molecule has 0 atom stereocenters. The van der Waals surface area contributed by atoms with Crippen LogP contribution in [0.2, 0.25) is 54.4 Å². The van der Waals surface area contributed by atoms with Gasteiger partial charge in [0.1, 0.15) is 17.1 Å². The molecule has 3 aliphatic heterocycles. The van der Waals surface area contributed by atoms with Crippen molar-refractivity contribution < 1.29 is 81.4 Å². The van der Waals surface area contributed by atoms with Crippen LogP contribution in [0.15, 0.2) is 45.7 Å². The molecule has 6 rings (SSSR count). The normalized spacial score (nSPS) is 19.0. The molecule has 12 nitrogen and oxygen atoms in total. The quantitative estimate of drug-likeness (QED) is 0.0946. The number of aromatic nitrogens is 3. The van der Waals surface area contributed by atoms with E-state index in [1.165, 1.54) is 12.4 Å². The standard InChI is InChI=1S/C19H31BF3NO3Si.C13H19BrF3NOSi.C12H24B2O4.C7H5BrF3NO.C6H15ClSi.HI/c1-16(2,3)28(8,9)25-12-13-10-15(19(21,22)23)24-11-14(13)20-26-17(4,5)18(6,7)27-20;1-12(2,3)20(4,5)19-8-9-6-11(13(15,16)17)18-7-10(9)14;1-9(2)10(3,4)16-13(15-9)14-17-11(5,6)12(7,8)18-14;8-5-2-12-6(7(9,10)11)1-4(5)3-13;1-6(2,3)8(4,5)7;/h10-11H,12H2,1-9H3;6-7H,8H2,1-5H3;1-8H3;1-2,13H,3H2;1-5H3;1H. The van der Waals surface area contributed by atoms with E-state index in [4.69, 9.17) is 53.0 Å². The molecule has 0 radical (unpaired) electrons. The van der Waals surface area contributed by atoms with Gasteiger partial charge in [0.15, 0.2) is 24.0 Å². The van der Waals surface area contributed by atoms with E-state index in [1.54, 1.807) is 0 Å². The number of alkyl halides is 9. The largest absolute Gasteiger partial charge is 0.496 e. The molecule has 31 heteroatoms. The summed E-state index contributed by atoms with van der Waals surface area (Å²) in [4.78, 5) is 10.2. The lowest BCUT2D eigenvalue weighted by Crippen LogP contribution is -2.42.